The zero-order chi connectivity index (χ0) is 12.4. The van der Waals surface area contributed by atoms with Crippen molar-refractivity contribution in [2.75, 3.05) is 39.3 Å². The van der Waals surface area contributed by atoms with Gasteiger partial charge in [-0.2, -0.15) is 0 Å². The largest absolute Gasteiger partial charge is 0.492 e. The van der Waals surface area contributed by atoms with Crippen molar-refractivity contribution in [3.63, 3.8) is 0 Å². The molecule has 1 aromatic rings. The van der Waals surface area contributed by atoms with Crippen molar-refractivity contribution in [1.29, 1.82) is 0 Å². The highest BCUT2D eigenvalue weighted by molar-refractivity contribution is 5.31. The van der Waals surface area contributed by atoms with Crippen LogP contribution in [0.4, 0.5) is 0 Å². The van der Waals surface area contributed by atoms with Gasteiger partial charge in [-0.3, -0.25) is 4.90 Å². The van der Waals surface area contributed by atoms with E-state index in [1.54, 1.807) is 0 Å². The van der Waals surface area contributed by atoms with E-state index in [2.05, 4.69) is 35.3 Å². The normalized spacial score (nSPS) is 27.4. The maximum atomic E-state index is 5.86. The topological polar surface area (TPSA) is 24.5 Å². The van der Waals surface area contributed by atoms with Crippen LogP contribution in [0.3, 0.4) is 0 Å². The molecule has 3 nitrogen and oxygen atoms in total. The summed E-state index contributed by atoms with van der Waals surface area (Å²) in [7, 11) is 0. The number of nitrogens with one attached hydrogen (secondary N) is 1. The fourth-order valence-electron chi connectivity index (χ4n) is 3.14. The lowest BCUT2D eigenvalue weighted by Gasteiger charge is -2.17. The van der Waals surface area contributed by atoms with Crippen LogP contribution in [-0.4, -0.2) is 44.2 Å². The second-order valence-corrected chi connectivity index (χ2v) is 5.55. The highest BCUT2D eigenvalue weighted by atomic mass is 16.5. The summed E-state index contributed by atoms with van der Waals surface area (Å²) in [4.78, 5) is 2.55. The molecule has 0 spiro atoms. The number of ether oxygens (including phenoxy) is 1. The summed E-state index contributed by atoms with van der Waals surface area (Å²) in [6.07, 6.45) is 0. The maximum Gasteiger partial charge on any atom is 0.122 e. The molecule has 2 unspecified atom stereocenters. The van der Waals surface area contributed by atoms with E-state index < -0.39 is 0 Å². The van der Waals surface area contributed by atoms with E-state index in [0.717, 1.165) is 30.7 Å². The predicted molar refractivity (Wildman–Crippen MR) is 73.0 cm³/mol. The minimum Gasteiger partial charge on any atom is -0.492 e. The molecule has 0 aromatic heterocycles. The summed E-state index contributed by atoms with van der Waals surface area (Å²) in [6, 6.07) is 8.24. The minimum absolute atomic E-state index is 0.803. The molecule has 0 saturated carbocycles. The Balaban J connectivity index is 1.44. The van der Waals surface area contributed by atoms with Crippen LogP contribution in [0.5, 0.6) is 5.75 Å². The first-order valence-electron chi connectivity index (χ1n) is 6.94. The van der Waals surface area contributed by atoms with Crippen LogP contribution < -0.4 is 10.1 Å². The van der Waals surface area contributed by atoms with Crippen molar-refractivity contribution in [3.05, 3.63) is 29.8 Å². The van der Waals surface area contributed by atoms with E-state index in [9.17, 15) is 0 Å². The Hall–Kier alpha value is -1.06. The van der Waals surface area contributed by atoms with Crippen LogP contribution in [-0.2, 0) is 0 Å². The third kappa shape index (κ3) is 2.52. The summed E-state index contributed by atoms with van der Waals surface area (Å²) >= 11 is 0. The predicted octanol–water partition coefficient (Wildman–Crippen LogP) is 1.53. The van der Waals surface area contributed by atoms with Gasteiger partial charge in [0, 0.05) is 19.6 Å². The van der Waals surface area contributed by atoms with Gasteiger partial charge in [-0.05, 0) is 43.5 Å². The number of nitrogens with zero attached hydrogens (tertiary/aromatic N) is 1. The van der Waals surface area contributed by atoms with E-state index in [1.807, 2.05) is 6.07 Å². The van der Waals surface area contributed by atoms with Gasteiger partial charge in [-0.15, -0.1) is 0 Å². The lowest BCUT2D eigenvalue weighted by molar-refractivity contribution is 0.227. The molecule has 2 saturated heterocycles. The van der Waals surface area contributed by atoms with Gasteiger partial charge < -0.3 is 10.1 Å². The molecular formula is C15H22N2O. The highest BCUT2D eigenvalue weighted by Crippen LogP contribution is 2.26. The first kappa shape index (κ1) is 12.0. The smallest absolute Gasteiger partial charge is 0.122 e. The van der Waals surface area contributed by atoms with E-state index in [0.29, 0.717) is 0 Å². The number of likely N-dealkylation sites (tertiary alicyclic amines) is 1. The number of fused-ring (bicyclic) bond motifs is 1. The number of rotatable bonds is 4. The fraction of sp³-hybridized carbons (Fsp3) is 0.600. The molecule has 18 heavy (non-hydrogen) atoms. The van der Waals surface area contributed by atoms with E-state index in [4.69, 9.17) is 4.74 Å². The summed E-state index contributed by atoms with van der Waals surface area (Å²) in [6.45, 7) is 8.86. The molecule has 2 heterocycles. The third-order valence-corrected chi connectivity index (χ3v) is 4.22. The Labute approximate surface area is 109 Å². The van der Waals surface area contributed by atoms with Crippen LogP contribution >= 0.6 is 0 Å². The Kier molecular flexibility index (Phi) is 3.52. The van der Waals surface area contributed by atoms with Crippen LogP contribution in [0.2, 0.25) is 0 Å². The molecule has 98 valence electrons. The summed E-state index contributed by atoms with van der Waals surface area (Å²) in [5.41, 5.74) is 1.22. The van der Waals surface area contributed by atoms with Crippen LogP contribution in [0, 0.1) is 18.8 Å². The van der Waals surface area contributed by atoms with Gasteiger partial charge in [-0.25, -0.2) is 0 Å². The molecule has 2 atom stereocenters. The van der Waals surface area contributed by atoms with Crippen LogP contribution in [0.15, 0.2) is 24.3 Å². The van der Waals surface area contributed by atoms with Crippen molar-refractivity contribution in [2.24, 2.45) is 11.8 Å². The number of aryl methyl sites for hydroxylation is 1. The molecule has 2 fully saturated rings. The second kappa shape index (κ2) is 5.29. The molecule has 0 amide bonds. The van der Waals surface area contributed by atoms with E-state index in [1.165, 1.54) is 31.7 Å². The van der Waals surface area contributed by atoms with Crippen molar-refractivity contribution in [2.45, 2.75) is 6.92 Å². The summed E-state index contributed by atoms with van der Waals surface area (Å²) in [5.74, 6) is 2.78. The minimum atomic E-state index is 0.803. The second-order valence-electron chi connectivity index (χ2n) is 5.55. The number of hydrogen-bond acceptors (Lipinski definition) is 3. The van der Waals surface area contributed by atoms with E-state index >= 15 is 0 Å². The number of hydrogen-bond donors (Lipinski definition) is 1. The molecule has 3 heteroatoms. The quantitative estimate of drug-likeness (QED) is 0.872. The molecule has 0 bridgehead atoms. The van der Waals surface area contributed by atoms with Crippen LogP contribution in [0.25, 0.3) is 0 Å². The molecule has 2 aliphatic heterocycles. The van der Waals surface area contributed by atoms with Gasteiger partial charge in [0.2, 0.25) is 0 Å². The first-order chi connectivity index (χ1) is 8.83. The third-order valence-electron chi connectivity index (χ3n) is 4.22. The Morgan fingerprint density at radius 3 is 2.67 bits per heavy atom. The van der Waals surface area contributed by atoms with Crippen molar-refractivity contribution < 1.29 is 4.74 Å². The average Bonchev–Trinajstić information content (AvgIpc) is 2.92. The van der Waals surface area contributed by atoms with Gasteiger partial charge in [0.25, 0.3) is 0 Å². The fourth-order valence-corrected chi connectivity index (χ4v) is 3.14. The van der Waals surface area contributed by atoms with Gasteiger partial charge in [0.05, 0.1) is 0 Å². The lowest BCUT2D eigenvalue weighted by atomic mass is 10.0. The summed E-state index contributed by atoms with van der Waals surface area (Å²) < 4.78 is 5.86. The molecule has 3 rings (SSSR count). The van der Waals surface area contributed by atoms with Crippen molar-refractivity contribution in [1.82, 2.24) is 10.2 Å². The summed E-state index contributed by atoms with van der Waals surface area (Å²) in [5, 5.41) is 3.48. The maximum absolute atomic E-state index is 5.86. The Morgan fingerprint density at radius 2 is 1.94 bits per heavy atom. The molecule has 2 aliphatic rings. The van der Waals surface area contributed by atoms with Gasteiger partial charge in [0.1, 0.15) is 12.4 Å². The average molecular weight is 246 g/mol. The van der Waals surface area contributed by atoms with Gasteiger partial charge in [0.15, 0.2) is 0 Å². The Bertz CT molecular complexity index is 395. The van der Waals surface area contributed by atoms with Gasteiger partial charge >= 0.3 is 0 Å². The monoisotopic (exact) mass is 246 g/mol. The molecular weight excluding hydrogens is 224 g/mol. The van der Waals surface area contributed by atoms with Crippen LogP contribution in [0.1, 0.15) is 5.56 Å². The molecule has 1 aromatic carbocycles. The first-order valence-corrected chi connectivity index (χ1v) is 6.94. The zero-order valence-corrected chi connectivity index (χ0v) is 11.1. The number of para-hydroxylation sites is 1. The molecule has 0 radical (unpaired) electrons. The van der Waals surface area contributed by atoms with E-state index in [-0.39, 0.29) is 0 Å². The Morgan fingerprint density at radius 1 is 1.22 bits per heavy atom. The number of benzene rings is 1. The van der Waals surface area contributed by atoms with Gasteiger partial charge in [-0.1, -0.05) is 18.2 Å². The standard InChI is InChI=1S/C15H22N2O/c1-12-4-2-3-5-15(12)18-7-6-17-10-13-8-16-9-14(13)11-17/h2-5,13-14,16H,6-11H2,1H3. The highest BCUT2D eigenvalue weighted by Gasteiger charge is 2.35. The SMILES string of the molecule is Cc1ccccc1OCCN1CC2CNCC2C1. The molecule has 0 aliphatic carbocycles. The lowest BCUT2D eigenvalue weighted by Crippen LogP contribution is -2.29. The van der Waals surface area contributed by atoms with Crippen molar-refractivity contribution >= 4 is 0 Å². The zero-order valence-electron chi connectivity index (χ0n) is 11.1. The van der Waals surface area contributed by atoms with Crippen molar-refractivity contribution in [3.8, 4) is 5.75 Å². The molecule has 1 N–H and O–H groups in total.